The van der Waals surface area contributed by atoms with Gasteiger partial charge in [-0.3, -0.25) is 0 Å². The first-order valence-electron chi connectivity index (χ1n) is 10.1. The Morgan fingerprint density at radius 1 is 0.867 bits per heavy atom. The normalized spacial score (nSPS) is 10.8. The first-order chi connectivity index (χ1) is 14.7. The molecule has 0 aliphatic carbocycles. The highest BCUT2D eigenvalue weighted by Gasteiger charge is 2.19. The van der Waals surface area contributed by atoms with Crippen molar-refractivity contribution in [1.82, 2.24) is 0 Å². The van der Waals surface area contributed by atoms with E-state index >= 15 is 0 Å². The molecular formula is C26H22O4. The molecule has 4 heteroatoms. The maximum Gasteiger partial charge on any atom is 0.343 e. The van der Waals surface area contributed by atoms with Gasteiger partial charge in [0.25, 0.3) is 0 Å². The van der Waals surface area contributed by atoms with Gasteiger partial charge in [-0.05, 0) is 48.2 Å². The van der Waals surface area contributed by atoms with E-state index in [9.17, 15) is 9.59 Å². The zero-order valence-corrected chi connectivity index (χ0v) is 16.8. The van der Waals surface area contributed by atoms with Gasteiger partial charge in [-0.25, -0.2) is 9.59 Å². The minimum Gasteiger partial charge on any atom is -0.422 e. The number of para-hydroxylation sites is 1. The number of fused-ring (bicyclic) bond motifs is 1. The lowest BCUT2D eigenvalue weighted by Crippen LogP contribution is -2.15. The molecule has 0 aliphatic heterocycles. The molecule has 0 bridgehead atoms. The van der Waals surface area contributed by atoms with E-state index in [2.05, 4.69) is 0 Å². The lowest BCUT2D eigenvalue weighted by Gasteiger charge is -2.12. The maximum absolute atomic E-state index is 12.9. The fourth-order valence-electron chi connectivity index (χ4n) is 3.43. The molecule has 150 valence electrons. The van der Waals surface area contributed by atoms with Crippen LogP contribution in [0.15, 0.2) is 88.1 Å². The molecule has 0 amide bonds. The van der Waals surface area contributed by atoms with Crippen LogP contribution in [0.25, 0.3) is 22.1 Å². The van der Waals surface area contributed by atoms with Crippen molar-refractivity contribution in [2.24, 2.45) is 0 Å². The molecule has 0 N–H and O–H groups in total. The average molecular weight is 398 g/mol. The third-order valence-electron chi connectivity index (χ3n) is 5.06. The van der Waals surface area contributed by atoms with Crippen molar-refractivity contribution in [3.8, 4) is 16.9 Å². The SMILES string of the molecule is CCCCc1c(OC(=O)c2ccc(-c3ccccc3)cc2)c2ccccc2oc1=O. The Balaban J connectivity index is 1.68. The molecule has 0 aliphatic rings. The van der Waals surface area contributed by atoms with Gasteiger partial charge in [0, 0.05) is 0 Å². The zero-order chi connectivity index (χ0) is 20.9. The van der Waals surface area contributed by atoms with E-state index in [1.807, 2.05) is 55.5 Å². The van der Waals surface area contributed by atoms with Crippen LogP contribution in [-0.4, -0.2) is 5.97 Å². The smallest absolute Gasteiger partial charge is 0.343 e. The van der Waals surface area contributed by atoms with Crippen LogP contribution in [0.5, 0.6) is 5.75 Å². The van der Waals surface area contributed by atoms with Gasteiger partial charge in [0.1, 0.15) is 5.58 Å². The Morgan fingerprint density at radius 2 is 1.53 bits per heavy atom. The van der Waals surface area contributed by atoms with Crippen molar-refractivity contribution in [2.45, 2.75) is 26.2 Å². The van der Waals surface area contributed by atoms with Crippen molar-refractivity contribution in [2.75, 3.05) is 0 Å². The molecule has 0 fully saturated rings. The van der Waals surface area contributed by atoms with Gasteiger partial charge >= 0.3 is 11.6 Å². The summed E-state index contributed by atoms with van der Waals surface area (Å²) < 4.78 is 11.2. The number of hydrogen-bond donors (Lipinski definition) is 0. The molecule has 30 heavy (non-hydrogen) atoms. The van der Waals surface area contributed by atoms with E-state index in [4.69, 9.17) is 9.15 Å². The molecule has 1 heterocycles. The summed E-state index contributed by atoms with van der Waals surface area (Å²) in [6.07, 6.45) is 2.22. The second-order valence-electron chi connectivity index (χ2n) is 7.13. The largest absolute Gasteiger partial charge is 0.422 e. The number of unbranched alkanes of at least 4 members (excludes halogenated alkanes) is 1. The van der Waals surface area contributed by atoms with E-state index in [1.165, 1.54) is 0 Å². The van der Waals surface area contributed by atoms with Crippen molar-refractivity contribution in [3.63, 3.8) is 0 Å². The Kier molecular flexibility index (Phi) is 5.75. The highest BCUT2D eigenvalue weighted by molar-refractivity contribution is 5.95. The molecule has 3 aromatic carbocycles. The topological polar surface area (TPSA) is 56.5 Å². The van der Waals surface area contributed by atoms with Crippen LogP contribution >= 0.6 is 0 Å². The van der Waals surface area contributed by atoms with Crippen LogP contribution < -0.4 is 10.4 Å². The van der Waals surface area contributed by atoms with Crippen LogP contribution in [0.3, 0.4) is 0 Å². The van der Waals surface area contributed by atoms with Crippen molar-refractivity contribution >= 4 is 16.9 Å². The van der Waals surface area contributed by atoms with Crippen LogP contribution in [0.2, 0.25) is 0 Å². The van der Waals surface area contributed by atoms with Gasteiger partial charge in [-0.15, -0.1) is 0 Å². The number of carbonyl (C=O) groups is 1. The van der Waals surface area contributed by atoms with Crippen molar-refractivity contribution < 1.29 is 13.9 Å². The summed E-state index contributed by atoms with van der Waals surface area (Å²) in [6.45, 7) is 2.04. The lowest BCUT2D eigenvalue weighted by molar-refractivity contribution is 0.0734. The molecule has 4 rings (SSSR count). The first-order valence-corrected chi connectivity index (χ1v) is 10.1. The second kappa shape index (κ2) is 8.78. The van der Waals surface area contributed by atoms with Gasteiger partial charge in [0.2, 0.25) is 0 Å². The van der Waals surface area contributed by atoms with Crippen LogP contribution in [-0.2, 0) is 6.42 Å². The fourth-order valence-corrected chi connectivity index (χ4v) is 3.43. The van der Waals surface area contributed by atoms with Crippen LogP contribution in [0.1, 0.15) is 35.7 Å². The van der Waals surface area contributed by atoms with Crippen LogP contribution in [0.4, 0.5) is 0 Å². The number of benzene rings is 3. The predicted molar refractivity (Wildman–Crippen MR) is 118 cm³/mol. The summed E-state index contributed by atoms with van der Waals surface area (Å²) in [5, 5.41) is 0.623. The third kappa shape index (κ3) is 4.03. The molecule has 0 unspecified atom stereocenters. The zero-order valence-electron chi connectivity index (χ0n) is 16.8. The van der Waals surface area contributed by atoms with E-state index in [-0.39, 0.29) is 0 Å². The fraction of sp³-hybridized carbons (Fsp3) is 0.154. The quantitative estimate of drug-likeness (QED) is 0.294. The second-order valence-corrected chi connectivity index (χ2v) is 7.13. The number of ether oxygens (including phenoxy) is 1. The Hall–Kier alpha value is -3.66. The number of hydrogen-bond acceptors (Lipinski definition) is 4. The minimum atomic E-state index is -0.497. The monoisotopic (exact) mass is 398 g/mol. The Morgan fingerprint density at radius 3 is 2.27 bits per heavy atom. The van der Waals surface area contributed by atoms with E-state index in [0.29, 0.717) is 34.3 Å². The standard InChI is InChI=1S/C26H22O4/c1-2-3-11-22-24(21-12-7-8-13-23(21)29-26(22)28)30-25(27)20-16-14-19(15-17-20)18-9-5-4-6-10-18/h4-10,12-17H,2-3,11H2,1H3. The molecule has 0 spiro atoms. The van der Waals surface area contributed by atoms with Crippen molar-refractivity contribution in [3.05, 3.63) is 100 Å². The Labute approximate surface area is 174 Å². The highest BCUT2D eigenvalue weighted by atomic mass is 16.5. The number of rotatable bonds is 6. The minimum absolute atomic E-state index is 0.299. The average Bonchev–Trinajstić information content (AvgIpc) is 2.79. The molecule has 4 nitrogen and oxygen atoms in total. The third-order valence-corrected chi connectivity index (χ3v) is 5.06. The number of carbonyl (C=O) groups excluding carboxylic acids is 1. The maximum atomic E-state index is 12.9. The molecular weight excluding hydrogens is 376 g/mol. The van der Waals surface area contributed by atoms with Gasteiger partial charge < -0.3 is 9.15 Å². The van der Waals surface area contributed by atoms with Gasteiger partial charge in [-0.2, -0.15) is 0 Å². The Bertz CT molecular complexity index is 1220. The van der Waals surface area contributed by atoms with E-state index in [0.717, 1.165) is 24.0 Å². The molecule has 0 atom stereocenters. The molecule has 0 radical (unpaired) electrons. The van der Waals surface area contributed by atoms with Crippen molar-refractivity contribution in [1.29, 1.82) is 0 Å². The summed E-state index contributed by atoms with van der Waals surface area (Å²) in [7, 11) is 0. The summed E-state index contributed by atoms with van der Waals surface area (Å²) in [5.41, 5.74) is 2.88. The van der Waals surface area contributed by atoms with Crippen LogP contribution in [0, 0.1) is 0 Å². The van der Waals surface area contributed by atoms with Gasteiger partial charge in [-0.1, -0.05) is 67.9 Å². The van der Waals surface area contributed by atoms with Gasteiger partial charge in [0.15, 0.2) is 5.75 Å². The predicted octanol–water partition coefficient (Wildman–Crippen LogP) is 6.02. The van der Waals surface area contributed by atoms with E-state index in [1.54, 1.807) is 30.3 Å². The number of esters is 1. The molecule has 0 saturated heterocycles. The highest BCUT2D eigenvalue weighted by Crippen LogP contribution is 2.29. The molecule has 4 aromatic rings. The summed E-state index contributed by atoms with van der Waals surface area (Å²) in [4.78, 5) is 25.4. The lowest BCUT2D eigenvalue weighted by atomic mass is 10.0. The van der Waals surface area contributed by atoms with Gasteiger partial charge in [0.05, 0.1) is 16.5 Å². The molecule has 0 saturated carbocycles. The first kappa shape index (κ1) is 19.6. The van der Waals surface area contributed by atoms with E-state index < -0.39 is 11.6 Å². The molecule has 1 aromatic heterocycles. The summed E-state index contributed by atoms with van der Waals surface area (Å²) in [6, 6.07) is 24.3. The summed E-state index contributed by atoms with van der Waals surface area (Å²) >= 11 is 0. The summed E-state index contributed by atoms with van der Waals surface area (Å²) in [5.74, 6) is -0.199.